The first-order chi connectivity index (χ1) is 19.1. The Labute approximate surface area is 231 Å². The predicted octanol–water partition coefficient (Wildman–Crippen LogP) is 5.20. The number of aromatic nitrogens is 4. The fraction of sp³-hybridized carbons (Fsp3) is 0.233. The van der Waals surface area contributed by atoms with Crippen LogP contribution in [-0.2, 0) is 22.4 Å². The number of fused-ring (bicyclic) bond motifs is 1. The second-order valence-corrected chi connectivity index (χ2v) is 9.49. The van der Waals surface area contributed by atoms with Crippen molar-refractivity contribution in [2.75, 3.05) is 27.1 Å². The number of pyridine rings is 1. The van der Waals surface area contributed by atoms with Gasteiger partial charge >= 0.3 is 0 Å². The normalized spacial score (nSPS) is 12.1. The van der Waals surface area contributed by atoms with Gasteiger partial charge in [0.1, 0.15) is 24.3 Å². The summed E-state index contributed by atoms with van der Waals surface area (Å²) in [4.78, 5) is 8.57. The molecule has 200 valence electrons. The van der Waals surface area contributed by atoms with Crippen molar-refractivity contribution in [3.8, 4) is 5.75 Å². The summed E-state index contributed by atoms with van der Waals surface area (Å²) in [6.07, 6.45) is 4.52. The van der Waals surface area contributed by atoms with Gasteiger partial charge in [-0.05, 0) is 46.9 Å². The van der Waals surface area contributed by atoms with Gasteiger partial charge in [0, 0.05) is 24.3 Å². The molecule has 8 nitrogen and oxygen atoms in total. The van der Waals surface area contributed by atoms with Gasteiger partial charge in [-0.2, -0.15) is 5.10 Å². The Bertz CT molecular complexity index is 1510. The summed E-state index contributed by atoms with van der Waals surface area (Å²) in [5, 5.41) is 17.2. The van der Waals surface area contributed by atoms with Crippen LogP contribution >= 0.6 is 11.6 Å². The third-order valence-electron chi connectivity index (χ3n) is 6.29. The molecule has 0 spiro atoms. The number of benzene rings is 3. The van der Waals surface area contributed by atoms with Gasteiger partial charge in [0.25, 0.3) is 0 Å². The van der Waals surface area contributed by atoms with Crippen LogP contribution in [0, 0.1) is 0 Å². The summed E-state index contributed by atoms with van der Waals surface area (Å²) >= 11 is 6.66. The van der Waals surface area contributed by atoms with E-state index in [0.717, 1.165) is 16.5 Å². The fourth-order valence-corrected chi connectivity index (χ4v) is 4.78. The molecule has 1 N–H and O–H groups in total. The zero-order chi connectivity index (χ0) is 27.0. The van der Waals surface area contributed by atoms with Gasteiger partial charge in [0.05, 0.1) is 24.8 Å². The second kappa shape index (κ2) is 12.8. The van der Waals surface area contributed by atoms with E-state index in [-0.39, 0.29) is 6.79 Å². The van der Waals surface area contributed by atoms with Crippen molar-refractivity contribution in [2.45, 2.75) is 19.1 Å². The number of rotatable bonds is 12. The monoisotopic (exact) mass is 544 g/mol. The highest BCUT2D eigenvalue weighted by molar-refractivity contribution is 6.35. The first-order valence-corrected chi connectivity index (χ1v) is 12.9. The van der Waals surface area contributed by atoms with Crippen molar-refractivity contribution in [1.82, 2.24) is 19.7 Å². The summed E-state index contributed by atoms with van der Waals surface area (Å²) in [5.41, 5.74) is 4.98. The van der Waals surface area contributed by atoms with Crippen molar-refractivity contribution < 1.29 is 19.3 Å². The largest absolute Gasteiger partial charge is 0.465 e. The topological polar surface area (TPSA) is 91.5 Å². The second-order valence-electron chi connectivity index (χ2n) is 9.08. The lowest BCUT2D eigenvalue weighted by Gasteiger charge is -2.20. The molecule has 1 atom stereocenters. The van der Waals surface area contributed by atoms with Crippen LogP contribution in [0.15, 0.2) is 85.6 Å². The fourth-order valence-electron chi connectivity index (χ4n) is 4.51. The Morgan fingerprint density at radius 1 is 0.974 bits per heavy atom. The van der Waals surface area contributed by atoms with Crippen molar-refractivity contribution in [1.29, 1.82) is 0 Å². The molecule has 2 aromatic heterocycles. The molecule has 0 saturated carbocycles. The number of halogens is 1. The smallest absolute Gasteiger partial charge is 0.189 e. The van der Waals surface area contributed by atoms with E-state index in [9.17, 15) is 5.11 Å². The quantitative estimate of drug-likeness (QED) is 0.170. The predicted molar refractivity (Wildman–Crippen MR) is 149 cm³/mol. The molecule has 0 radical (unpaired) electrons. The molecule has 39 heavy (non-hydrogen) atoms. The maximum absolute atomic E-state index is 11.8. The zero-order valence-electron chi connectivity index (χ0n) is 21.5. The van der Waals surface area contributed by atoms with Gasteiger partial charge in [-0.1, -0.05) is 60.1 Å². The van der Waals surface area contributed by atoms with Gasteiger partial charge in [0.2, 0.25) is 0 Å². The summed E-state index contributed by atoms with van der Waals surface area (Å²) in [6, 6.07) is 21.7. The minimum Gasteiger partial charge on any atom is -0.465 e. The number of aliphatic hydroxyl groups is 1. The van der Waals surface area contributed by atoms with Crippen molar-refractivity contribution in [3.63, 3.8) is 0 Å². The van der Waals surface area contributed by atoms with Crippen LogP contribution in [0.2, 0.25) is 5.02 Å². The summed E-state index contributed by atoms with van der Waals surface area (Å²) in [7, 11) is 1.61. The van der Waals surface area contributed by atoms with E-state index < -0.39 is 6.10 Å². The third kappa shape index (κ3) is 6.61. The zero-order valence-corrected chi connectivity index (χ0v) is 22.3. The molecule has 2 heterocycles. The molecule has 5 aromatic rings. The Hall–Kier alpha value is -3.82. The SMILES string of the molecule is COCCOCOc1c(C(O)c2cc(Cc3ccccc3)cc(Cn3cncn3)c2)cc(Cl)c2cccnc12. The van der Waals surface area contributed by atoms with Gasteiger partial charge in [-0.15, -0.1) is 0 Å². The average molecular weight is 545 g/mol. The van der Waals surface area contributed by atoms with Crippen molar-refractivity contribution >= 4 is 22.5 Å². The molecule has 0 bridgehead atoms. The summed E-state index contributed by atoms with van der Waals surface area (Å²) in [5.74, 6) is 0.422. The Kier molecular flexibility index (Phi) is 8.80. The van der Waals surface area contributed by atoms with Crippen molar-refractivity contribution in [3.05, 3.63) is 118 Å². The molecule has 0 saturated heterocycles. The summed E-state index contributed by atoms with van der Waals surface area (Å²) < 4.78 is 18.4. The number of ether oxygens (including phenoxy) is 3. The van der Waals surface area contributed by atoms with Crippen LogP contribution in [0.25, 0.3) is 10.9 Å². The highest BCUT2D eigenvalue weighted by Gasteiger charge is 2.22. The van der Waals surface area contributed by atoms with E-state index in [0.29, 0.717) is 53.6 Å². The number of hydrogen-bond acceptors (Lipinski definition) is 7. The lowest BCUT2D eigenvalue weighted by atomic mass is 9.93. The van der Waals surface area contributed by atoms with E-state index in [1.54, 1.807) is 30.4 Å². The molecule has 5 rings (SSSR count). The number of aliphatic hydroxyl groups excluding tert-OH is 1. The minimum atomic E-state index is -1.03. The molecule has 1 unspecified atom stereocenters. The van der Waals surface area contributed by atoms with E-state index >= 15 is 0 Å². The van der Waals surface area contributed by atoms with Crippen LogP contribution in [0.5, 0.6) is 5.75 Å². The first kappa shape index (κ1) is 26.8. The molecule has 0 fully saturated rings. The lowest BCUT2D eigenvalue weighted by molar-refractivity contribution is -0.00893. The Morgan fingerprint density at radius 2 is 1.82 bits per heavy atom. The number of hydrogen-bond donors (Lipinski definition) is 1. The van der Waals surface area contributed by atoms with Crippen LogP contribution in [0.1, 0.15) is 33.9 Å². The standard InChI is InChI=1S/C30H29ClN4O4/c1-37-10-11-38-20-39-30-26(16-27(31)25-8-5-9-33-28(25)30)29(36)24-14-22(12-21-6-3-2-4-7-21)13-23(15-24)17-35-19-32-18-34-35/h2-9,13-16,18-19,29,36H,10-12,17,20H2,1H3. The highest BCUT2D eigenvalue weighted by atomic mass is 35.5. The van der Waals surface area contributed by atoms with E-state index in [4.69, 9.17) is 25.8 Å². The molecule has 0 aliphatic rings. The van der Waals surface area contributed by atoms with E-state index in [1.165, 1.54) is 11.9 Å². The van der Waals surface area contributed by atoms with Crippen LogP contribution in [0.4, 0.5) is 0 Å². The number of nitrogens with zero attached hydrogens (tertiary/aromatic N) is 4. The van der Waals surface area contributed by atoms with Gasteiger partial charge in [-0.25, -0.2) is 9.67 Å². The van der Waals surface area contributed by atoms with E-state index in [1.807, 2.05) is 42.5 Å². The molecule has 0 amide bonds. The van der Waals surface area contributed by atoms with Gasteiger partial charge in [0.15, 0.2) is 12.5 Å². The summed E-state index contributed by atoms with van der Waals surface area (Å²) in [6.45, 7) is 1.31. The number of methoxy groups -OCH3 is 1. The molecular weight excluding hydrogens is 516 g/mol. The van der Waals surface area contributed by atoms with Crippen molar-refractivity contribution in [2.24, 2.45) is 0 Å². The molecular formula is C30H29ClN4O4. The molecule has 3 aromatic carbocycles. The van der Waals surface area contributed by atoms with Crippen LogP contribution < -0.4 is 4.74 Å². The third-order valence-corrected chi connectivity index (χ3v) is 6.60. The highest BCUT2D eigenvalue weighted by Crippen LogP contribution is 2.39. The van der Waals surface area contributed by atoms with E-state index in [2.05, 4.69) is 33.3 Å². The maximum atomic E-state index is 11.8. The Morgan fingerprint density at radius 3 is 2.62 bits per heavy atom. The minimum absolute atomic E-state index is 0.0258. The Balaban J connectivity index is 1.54. The first-order valence-electron chi connectivity index (χ1n) is 12.6. The molecule has 0 aliphatic carbocycles. The lowest BCUT2D eigenvalue weighted by Crippen LogP contribution is -2.11. The molecule has 9 heteroatoms. The van der Waals surface area contributed by atoms with Gasteiger partial charge in [-0.3, -0.25) is 4.98 Å². The average Bonchev–Trinajstić information content (AvgIpc) is 3.47. The van der Waals surface area contributed by atoms with Crippen LogP contribution in [-0.4, -0.2) is 52.0 Å². The van der Waals surface area contributed by atoms with Gasteiger partial charge < -0.3 is 19.3 Å². The molecule has 0 aliphatic heterocycles. The maximum Gasteiger partial charge on any atom is 0.189 e. The van der Waals surface area contributed by atoms with Crippen LogP contribution in [0.3, 0.4) is 0 Å².